The molecule has 0 aromatic carbocycles. The van der Waals surface area contributed by atoms with Crippen molar-refractivity contribution >= 4 is 6.09 Å². The number of hydrogen-bond donors (Lipinski definition) is 1. The summed E-state index contributed by atoms with van der Waals surface area (Å²) in [7, 11) is 0. The van der Waals surface area contributed by atoms with Crippen molar-refractivity contribution in [1.82, 2.24) is 15.1 Å². The monoisotopic (exact) mass is 371 g/mol. The highest BCUT2D eigenvalue weighted by Gasteiger charge is 2.52. The molecule has 0 radical (unpaired) electrons. The van der Waals surface area contributed by atoms with Gasteiger partial charge in [-0.15, -0.1) is 0 Å². The predicted molar refractivity (Wildman–Crippen MR) is 92.4 cm³/mol. The van der Waals surface area contributed by atoms with Gasteiger partial charge in [0.15, 0.2) is 0 Å². The van der Waals surface area contributed by atoms with E-state index in [1.165, 1.54) is 0 Å². The summed E-state index contributed by atoms with van der Waals surface area (Å²) in [5.74, 6) is 0. The van der Waals surface area contributed by atoms with Crippen LogP contribution in [0, 0.1) is 0 Å². The maximum absolute atomic E-state index is 15.3. The molecule has 0 aromatic heterocycles. The van der Waals surface area contributed by atoms with Gasteiger partial charge in [-0.25, -0.2) is 9.18 Å². The molecule has 4 saturated heterocycles. The van der Waals surface area contributed by atoms with Gasteiger partial charge in [0.1, 0.15) is 13.0 Å². The number of nitrogens with one attached hydrogen (secondary N) is 1. The standard InChI is InChI=1S/C18H30FN3O4/c1-2-25-17(23)22-13-3-4-14(22)16(19)15(9-13)21-7-5-18(6-8-21)10-20-11-24-12-26-18/h13-16,20H,2-12H2,1H3. The van der Waals surface area contributed by atoms with E-state index in [4.69, 9.17) is 14.2 Å². The van der Waals surface area contributed by atoms with Gasteiger partial charge in [-0.05, 0) is 39.0 Å². The molecule has 0 aromatic rings. The van der Waals surface area contributed by atoms with E-state index < -0.39 is 6.17 Å². The Morgan fingerprint density at radius 1 is 1.31 bits per heavy atom. The van der Waals surface area contributed by atoms with Crippen molar-refractivity contribution in [1.29, 1.82) is 0 Å². The molecule has 1 N–H and O–H groups in total. The third-order valence-electron chi connectivity index (χ3n) is 6.55. The van der Waals surface area contributed by atoms with Gasteiger partial charge in [0.05, 0.1) is 25.0 Å². The zero-order valence-electron chi connectivity index (χ0n) is 15.5. The lowest BCUT2D eigenvalue weighted by Crippen LogP contribution is -2.62. The normalized spacial score (nSPS) is 37.5. The van der Waals surface area contributed by atoms with E-state index in [1.54, 1.807) is 11.8 Å². The second-order valence-corrected chi connectivity index (χ2v) is 7.91. The number of halogens is 1. The Labute approximate surface area is 154 Å². The van der Waals surface area contributed by atoms with E-state index in [0.717, 1.165) is 45.3 Å². The number of ether oxygens (including phenoxy) is 3. The molecule has 7 nitrogen and oxygen atoms in total. The number of amides is 1. The summed E-state index contributed by atoms with van der Waals surface area (Å²) in [5.41, 5.74) is -0.191. The fourth-order valence-electron chi connectivity index (χ4n) is 5.15. The first kappa shape index (κ1) is 18.4. The van der Waals surface area contributed by atoms with E-state index in [9.17, 15) is 4.79 Å². The minimum Gasteiger partial charge on any atom is -0.450 e. The molecular formula is C18H30FN3O4. The van der Waals surface area contributed by atoms with Gasteiger partial charge in [0, 0.05) is 31.7 Å². The van der Waals surface area contributed by atoms with Crippen LogP contribution in [0.2, 0.25) is 0 Å². The molecule has 148 valence electrons. The Morgan fingerprint density at radius 3 is 2.88 bits per heavy atom. The molecule has 4 aliphatic rings. The Hall–Kier alpha value is -0.960. The third kappa shape index (κ3) is 3.32. The number of rotatable bonds is 2. The van der Waals surface area contributed by atoms with E-state index in [-0.39, 0.29) is 29.8 Å². The quantitative estimate of drug-likeness (QED) is 0.793. The maximum atomic E-state index is 15.3. The van der Waals surface area contributed by atoms with Crippen LogP contribution in [0.4, 0.5) is 9.18 Å². The third-order valence-corrected chi connectivity index (χ3v) is 6.55. The molecule has 0 aliphatic carbocycles. The molecule has 0 saturated carbocycles. The van der Waals surface area contributed by atoms with Crippen LogP contribution in [-0.4, -0.2) is 85.6 Å². The summed E-state index contributed by atoms with van der Waals surface area (Å²) in [4.78, 5) is 16.2. The summed E-state index contributed by atoms with van der Waals surface area (Å²) < 4.78 is 31.7. The summed E-state index contributed by atoms with van der Waals surface area (Å²) >= 11 is 0. The number of fused-ring (bicyclic) bond motifs is 2. The summed E-state index contributed by atoms with van der Waals surface area (Å²) in [6, 6.07) is -0.334. The summed E-state index contributed by atoms with van der Waals surface area (Å²) in [5, 5.41) is 3.27. The Bertz CT molecular complexity index is 505. The van der Waals surface area contributed by atoms with Gasteiger partial charge in [0.2, 0.25) is 0 Å². The average molecular weight is 371 g/mol. The van der Waals surface area contributed by atoms with Gasteiger partial charge in [0.25, 0.3) is 0 Å². The molecule has 4 fully saturated rings. The van der Waals surface area contributed by atoms with Crippen molar-refractivity contribution in [2.24, 2.45) is 0 Å². The minimum atomic E-state index is -1.01. The van der Waals surface area contributed by atoms with Crippen LogP contribution in [0.15, 0.2) is 0 Å². The number of nitrogens with zero attached hydrogens (tertiary/aromatic N) is 2. The molecule has 4 unspecified atom stereocenters. The van der Waals surface area contributed by atoms with E-state index in [2.05, 4.69) is 10.2 Å². The molecule has 1 amide bonds. The Morgan fingerprint density at radius 2 is 2.12 bits per heavy atom. The highest BCUT2D eigenvalue weighted by molar-refractivity contribution is 5.69. The zero-order valence-corrected chi connectivity index (χ0v) is 15.5. The number of hydrogen-bond acceptors (Lipinski definition) is 6. The first-order valence-corrected chi connectivity index (χ1v) is 9.89. The molecule has 4 atom stereocenters. The lowest BCUT2D eigenvalue weighted by Gasteiger charge is -2.48. The highest BCUT2D eigenvalue weighted by Crippen LogP contribution is 2.41. The lowest BCUT2D eigenvalue weighted by atomic mass is 9.87. The summed E-state index contributed by atoms with van der Waals surface area (Å²) in [6.07, 6.45) is 2.71. The van der Waals surface area contributed by atoms with Gasteiger partial charge >= 0.3 is 6.09 Å². The Kier molecular flexibility index (Phi) is 5.36. The highest BCUT2D eigenvalue weighted by atomic mass is 19.1. The number of likely N-dealkylation sites (tertiary alicyclic amines) is 1. The fourth-order valence-corrected chi connectivity index (χ4v) is 5.15. The zero-order chi connectivity index (χ0) is 18.1. The first-order valence-electron chi connectivity index (χ1n) is 9.89. The molecule has 4 rings (SSSR count). The SMILES string of the molecule is CCOC(=O)N1C2CCC1C(F)C(N1CCC3(CC1)CNCOCO3)C2. The second-order valence-electron chi connectivity index (χ2n) is 7.91. The predicted octanol–water partition coefficient (Wildman–Crippen LogP) is 1.47. The number of carbonyl (C=O) groups is 1. The van der Waals surface area contributed by atoms with Gasteiger partial charge < -0.3 is 14.2 Å². The fraction of sp³-hybridized carbons (Fsp3) is 0.944. The van der Waals surface area contributed by atoms with E-state index in [1.807, 2.05) is 0 Å². The lowest BCUT2D eigenvalue weighted by molar-refractivity contribution is -0.144. The molecule has 1 spiro atoms. The van der Waals surface area contributed by atoms with Crippen molar-refractivity contribution in [3.8, 4) is 0 Å². The minimum absolute atomic E-state index is 0.106. The van der Waals surface area contributed by atoms with Crippen molar-refractivity contribution in [3.05, 3.63) is 0 Å². The second kappa shape index (κ2) is 7.58. The maximum Gasteiger partial charge on any atom is 0.410 e. The molecule has 4 heterocycles. The number of carbonyl (C=O) groups excluding carboxylic acids is 1. The molecule has 4 aliphatic heterocycles. The molecular weight excluding hydrogens is 341 g/mol. The van der Waals surface area contributed by atoms with Crippen LogP contribution in [0.3, 0.4) is 0 Å². The van der Waals surface area contributed by atoms with Gasteiger partial charge in [-0.1, -0.05) is 0 Å². The van der Waals surface area contributed by atoms with Crippen LogP contribution in [0.5, 0.6) is 0 Å². The van der Waals surface area contributed by atoms with Crippen LogP contribution >= 0.6 is 0 Å². The topological polar surface area (TPSA) is 63.3 Å². The number of piperidine rings is 2. The van der Waals surface area contributed by atoms with Crippen LogP contribution < -0.4 is 5.32 Å². The molecule has 2 bridgehead atoms. The molecule has 8 heteroatoms. The van der Waals surface area contributed by atoms with Crippen molar-refractivity contribution in [2.45, 2.75) is 68.9 Å². The van der Waals surface area contributed by atoms with Crippen LogP contribution in [-0.2, 0) is 14.2 Å². The van der Waals surface area contributed by atoms with Crippen molar-refractivity contribution in [2.75, 3.05) is 39.8 Å². The van der Waals surface area contributed by atoms with Gasteiger partial charge in [-0.2, -0.15) is 0 Å². The van der Waals surface area contributed by atoms with Crippen LogP contribution in [0.1, 0.15) is 39.0 Å². The molecule has 26 heavy (non-hydrogen) atoms. The van der Waals surface area contributed by atoms with Gasteiger partial charge in [-0.3, -0.25) is 15.1 Å². The van der Waals surface area contributed by atoms with Crippen molar-refractivity contribution in [3.63, 3.8) is 0 Å². The number of alkyl halides is 1. The smallest absolute Gasteiger partial charge is 0.410 e. The van der Waals surface area contributed by atoms with Crippen molar-refractivity contribution < 1.29 is 23.4 Å². The van der Waals surface area contributed by atoms with E-state index in [0.29, 0.717) is 26.6 Å². The largest absolute Gasteiger partial charge is 0.450 e. The first-order chi connectivity index (χ1) is 12.6. The van der Waals surface area contributed by atoms with E-state index >= 15 is 4.39 Å². The average Bonchev–Trinajstić information content (AvgIpc) is 2.83. The van der Waals surface area contributed by atoms with Crippen LogP contribution in [0.25, 0.3) is 0 Å². The Balaban J connectivity index is 1.39. The summed E-state index contributed by atoms with van der Waals surface area (Å²) in [6.45, 7) is 5.40.